The lowest BCUT2D eigenvalue weighted by Crippen LogP contribution is -2.44. The molecule has 0 aliphatic heterocycles. The summed E-state index contributed by atoms with van der Waals surface area (Å²) < 4.78 is 31.3. The van der Waals surface area contributed by atoms with Gasteiger partial charge in [-0.05, 0) is 22.3 Å². The second kappa shape index (κ2) is 16.1. The van der Waals surface area contributed by atoms with E-state index in [-0.39, 0.29) is 26.2 Å². The molecular formula is C36H36N2O2S. The molecule has 0 saturated carbocycles. The first-order valence-electron chi connectivity index (χ1n) is 13.7. The van der Waals surface area contributed by atoms with Crippen molar-refractivity contribution in [2.45, 2.75) is 0 Å². The number of hydrogen-bond acceptors (Lipinski definition) is 2. The van der Waals surface area contributed by atoms with Gasteiger partial charge in [0, 0.05) is 26.2 Å². The Balaban J connectivity index is 1.57. The van der Waals surface area contributed by atoms with Crippen molar-refractivity contribution in [2.75, 3.05) is 26.2 Å². The number of rotatable bonds is 14. The summed E-state index contributed by atoms with van der Waals surface area (Å²) in [6.45, 7) is 0.991. The van der Waals surface area contributed by atoms with E-state index in [4.69, 9.17) is 0 Å². The van der Waals surface area contributed by atoms with Gasteiger partial charge >= 0.3 is 0 Å². The molecule has 0 atom stereocenters. The van der Waals surface area contributed by atoms with E-state index in [9.17, 15) is 8.42 Å². The van der Waals surface area contributed by atoms with Crippen LogP contribution >= 0.6 is 0 Å². The zero-order valence-electron chi connectivity index (χ0n) is 23.1. The predicted octanol–water partition coefficient (Wildman–Crippen LogP) is 7.69. The predicted molar refractivity (Wildman–Crippen MR) is 174 cm³/mol. The lowest BCUT2D eigenvalue weighted by molar-refractivity contribution is 0.395. The zero-order valence-corrected chi connectivity index (χ0v) is 23.9. The Labute approximate surface area is 245 Å². The quantitative estimate of drug-likeness (QED) is 0.159. The summed E-state index contributed by atoms with van der Waals surface area (Å²) in [4.78, 5) is 0. The fraction of sp³-hybridized carbons (Fsp3) is 0.111. The standard InChI is InChI=1S/C36H36N2O2S/c39-41(40,37(29-13-25-33-17-5-1-6-18-33)30-14-26-34-19-7-2-8-20-34)38(31-15-27-35-21-9-3-10-22-35)32-16-28-36-23-11-4-12-24-36/h1-28H,29-32H2/b25-13-,26-14+,27-15+,28-16+. The third kappa shape index (κ3) is 10.00. The maximum absolute atomic E-state index is 14.1. The molecule has 0 aliphatic rings. The average molecular weight is 561 g/mol. The Hall–Kier alpha value is -4.29. The number of benzene rings is 4. The van der Waals surface area contributed by atoms with E-state index in [1.807, 2.05) is 170 Å². The van der Waals surface area contributed by atoms with E-state index < -0.39 is 10.2 Å². The van der Waals surface area contributed by atoms with Gasteiger partial charge in [-0.2, -0.15) is 17.0 Å². The van der Waals surface area contributed by atoms with Gasteiger partial charge in [0.1, 0.15) is 0 Å². The van der Waals surface area contributed by atoms with E-state index in [1.54, 1.807) is 0 Å². The molecule has 41 heavy (non-hydrogen) atoms. The average Bonchev–Trinajstić information content (AvgIpc) is 3.01. The Bertz CT molecular complexity index is 1310. The highest BCUT2D eigenvalue weighted by molar-refractivity contribution is 7.86. The first kappa shape index (κ1) is 29.7. The van der Waals surface area contributed by atoms with Gasteiger partial charge in [-0.1, -0.05) is 170 Å². The minimum absolute atomic E-state index is 0.248. The van der Waals surface area contributed by atoms with Gasteiger partial charge in [0.25, 0.3) is 10.2 Å². The Morgan fingerprint density at radius 2 is 0.610 bits per heavy atom. The molecule has 208 valence electrons. The largest absolute Gasteiger partial charge is 0.283 e. The Morgan fingerprint density at radius 1 is 0.390 bits per heavy atom. The molecular weight excluding hydrogens is 524 g/mol. The first-order chi connectivity index (χ1) is 20.1. The van der Waals surface area contributed by atoms with Crippen molar-refractivity contribution < 1.29 is 8.42 Å². The summed E-state index contributed by atoms with van der Waals surface area (Å²) in [5.74, 6) is 0. The van der Waals surface area contributed by atoms with Gasteiger partial charge in [-0.25, -0.2) is 0 Å². The molecule has 0 N–H and O–H groups in total. The minimum atomic E-state index is -3.82. The van der Waals surface area contributed by atoms with Crippen LogP contribution in [0.1, 0.15) is 22.3 Å². The lowest BCUT2D eigenvalue weighted by atomic mass is 10.2. The first-order valence-corrected chi connectivity index (χ1v) is 15.1. The van der Waals surface area contributed by atoms with E-state index in [0.717, 1.165) is 22.3 Å². The van der Waals surface area contributed by atoms with Crippen molar-refractivity contribution in [3.63, 3.8) is 0 Å². The maximum atomic E-state index is 14.1. The molecule has 4 nitrogen and oxygen atoms in total. The third-order valence-corrected chi connectivity index (χ3v) is 8.23. The summed E-state index contributed by atoms with van der Waals surface area (Å²) in [6.07, 6.45) is 15.4. The molecule has 0 unspecified atom stereocenters. The van der Waals surface area contributed by atoms with Gasteiger partial charge in [0.2, 0.25) is 0 Å². The van der Waals surface area contributed by atoms with Crippen LogP contribution in [0, 0.1) is 0 Å². The second-order valence-electron chi connectivity index (χ2n) is 9.39. The van der Waals surface area contributed by atoms with Crippen LogP contribution in [0.3, 0.4) is 0 Å². The normalized spacial score (nSPS) is 12.5. The molecule has 5 heteroatoms. The molecule has 4 rings (SSSR count). The molecule has 0 saturated heterocycles. The number of nitrogens with zero attached hydrogens (tertiary/aromatic N) is 2. The molecule has 4 aromatic carbocycles. The van der Waals surface area contributed by atoms with Gasteiger partial charge in [-0.3, -0.25) is 0 Å². The monoisotopic (exact) mass is 560 g/mol. The van der Waals surface area contributed by atoms with Crippen LogP contribution < -0.4 is 0 Å². The summed E-state index contributed by atoms with van der Waals surface area (Å²) in [5, 5.41) is 0. The summed E-state index contributed by atoms with van der Waals surface area (Å²) >= 11 is 0. The maximum Gasteiger partial charge on any atom is 0.283 e. The topological polar surface area (TPSA) is 40.6 Å². The summed E-state index contributed by atoms with van der Waals surface area (Å²) in [7, 11) is -3.82. The summed E-state index contributed by atoms with van der Waals surface area (Å²) in [6, 6.07) is 39.6. The third-order valence-electron chi connectivity index (χ3n) is 6.33. The van der Waals surface area contributed by atoms with Crippen molar-refractivity contribution in [1.82, 2.24) is 8.61 Å². The van der Waals surface area contributed by atoms with E-state index in [0.29, 0.717) is 0 Å². The fourth-order valence-corrected chi connectivity index (χ4v) is 5.60. The van der Waals surface area contributed by atoms with Crippen LogP contribution in [0.4, 0.5) is 0 Å². The van der Waals surface area contributed by atoms with Crippen molar-refractivity contribution >= 4 is 34.5 Å². The highest BCUT2D eigenvalue weighted by atomic mass is 32.2. The molecule has 4 aromatic rings. The van der Waals surface area contributed by atoms with Crippen molar-refractivity contribution in [2.24, 2.45) is 0 Å². The van der Waals surface area contributed by atoms with Crippen molar-refractivity contribution in [1.29, 1.82) is 0 Å². The van der Waals surface area contributed by atoms with Crippen LogP contribution in [0.25, 0.3) is 24.3 Å². The minimum Gasteiger partial charge on any atom is -0.195 e. The molecule has 0 fully saturated rings. The molecule has 0 heterocycles. The lowest BCUT2D eigenvalue weighted by Gasteiger charge is -2.27. The molecule has 0 radical (unpaired) electrons. The van der Waals surface area contributed by atoms with E-state index >= 15 is 0 Å². The van der Waals surface area contributed by atoms with Crippen LogP contribution in [-0.4, -0.2) is 43.2 Å². The molecule has 0 spiro atoms. The Kier molecular flexibility index (Phi) is 11.7. The fourth-order valence-electron chi connectivity index (χ4n) is 4.17. The summed E-state index contributed by atoms with van der Waals surface area (Å²) in [5.41, 5.74) is 4.10. The molecule has 0 bridgehead atoms. The van der Waals surface area contributed by atoms with Crippen molar-refractivity contribution in [3.05, 3.63) is 168 Å². The van der Waals surface area contributed by atoms with Crippen molar-refractivity contribution in [3.8, 4) is 0 Å². The zero-order chi connectivity index (χ0) is 28.6. The molecule has 0 aromatic heterocycles. The molecule has 0 amide bonds. The van der Waals surface area contributed by atoms with Crippen LogP contribution in [0.15, 0.2) is 146 Å². The van der Waals surface area contributed by atoms with Crippen LogP contribution in [-0.2, 0) is 10.2 Å². The van der Waals surface area contributed by atoms with Gasteiger partial charge in [-0.15, -0.1) is 0 Å². The van der Waals surface area contributed by atoms with E-state index in [2.05, 4.69) is 0 Å². The SMILES string of the molecule is O=S(=O)(N(C/C=C\c1ccccc1)C/C=C/c1ccccc1)N(C/C=C/c1ccccc1)C/C=C/c1ccccc1. The number of hydrogen-bond donors (Lipinski definition) is 0. The van der Waals surface area contributed by atoms with Gasteiger partial charge in [0.15, 0.2) is 0 Å². The van der Waals surface area contributed by atoms with Crippen LogP contribution in [0.2, 0.25) is 0 Å². The second-order valence-corrected chi connectivity index (χ2v) is 11.3. The highest BCUT2D eigenvalue weighted by Gasteiger charge is 2.27. The van der Waals surface area contributed by atoms with Gasteiger partial charge < -0.3 is 0 Å². The van der Waals surface area contributed by atoms with Crippen LogP contribution in [0.5, 0.6) is 0 Å². The smallest absolute Gasteiger partial charge is 0.195 e. The Morgan fingerprint density at radius 3 is 0.829 bits per heavy atom. The van der Waals surface area contributed by atoms with Gasteiger partial charge in [0.05, 0.1) is 0 Å². The van der Waals surface area contributed by atoms with E-state index in [1.165, 1.54) is 8.61 Å². The molecule has 0 aliphatic carbocycles. The highest BCUT2D eigenvalue weighted by Crippen LogP contribution is 2.13.